The van der Waals surface area contributed by atoms with Gasteiger partial charge in [-0.2, -0.15) is 0 Å². The molecule has 2 rings (SSSR count). The Bertz CT molecular complexity index is 495. The highest BCUT2D eigenvalue weighted by Crippen LogP contribution is 2.08. The summed E-state index contributed by atoms with van der Waals surface area (Å²) in [5.41, 5.74) is 2.21. The number of hydrogen-bond donors (Lipinski definition) is 0. The number of pyridine rings is 1. The normalized spacial score (nSPS) is 12.3. The molecule has 0 spiro atoms. The second-order valence-corrected chi connectivity index (χ2v) is 3.03. The molecule has 0 unspecified atom stereocenters. The van der Waals surface area contributed by atoms with Crippen molar-refractivity contribution < 1.29 is 0 Å². The third-order valence-electron chi connectivity index (χ3n) is 2.28. The Morgan fingerprint density at radius 3 is 2.62 bits per heavy atom. The molecule has 0 amide bonds. The molecule has 2 heteroatoms. The smallest absolute Gasteiger partial charge is 0.127 e. The first kappa shape index (κ1) is 8.05. The summed E-state index contributed by atoms with van der Waals surface area (Å²) in [7, 11) is 3.84. The van der Waals surface area contributed by atoms with Gasteiger partial charge in [0.25, 0.3) is 0 Å². The number of benzene rings is 1. The van der Waals surface area contributed by atoms with Gasteiger partial charge in [0.2, 0.25) is 0 Å². The first-order valence-corrected chi connectivity index (χ1v) is 4.30. The first-order valence-electron chi connectivity index (χ1n) is 4.30. The summed E-state index contributed by atoms with van der Waals surface area (Å²) in [4.78, 5) is 4.18. The zero-order valence-electron chi connectivity index (χ0n) is 7.86. The Labute approximate surface area is 77.2 Å². The Morgan fingerprint density at radius 1 is 1.08 bits per heavy atom. The van der Waals surface area contributed by atoms with E-state index >= 15 is 0 Å². The summed E-state index contributed by atoms with van der Waals surface area (Å²) < 4.78 is 2.09. The molecule has 13 heavy (non-hydrogen) atoms. The highest BCUT2D eigenvalue weighted by Gasteiger charge is 1.94. The fraction of sp³-hybridized carbons (Fsp3) is 0.182. The van der Waals surface area contributed by atoms with Gasteiger partial charge in [0.1, 0.15) is 5.49 Å². The van der Waals surface area contributed by atoms with Crippen molar-refractivity contribution in [3.05, 3.63) is 41.9 Å². The number of para-hydroxylation sites is 1. The molecular formula is C11H12N2. The van der Waals surface area contributed by atoms with E-state index in [0.29, 0.717) is 0 Å². The fourth-order valence-corrected chi connectivity index (χ4v) is 1.56. The molecular weight excluding hydrogens is 160 g/mol. The number of aryl methyl sites for hydroxylation is 1. The molecule has 0 atom stereocenters. The van der Waals surface area contributed by atoms with Crippen LogP contribution in [0.2, 0.25) is 0 Å². The molecule has 0 aliphatic rings. The van der Waals surface area contributed by atoms with Crippen LogP contribution in [0.3, 0.4) is 0 Å². The van der Waals surface area contributed by atoms with Crippen LogP contribution in [0.1, 0.15) is 0 Å². The average molecular weight is 172 g/mol. The Morgan fingerprint density at radius 2 is 1.85 bits per heavy atom. The minimum atomic E-state index is 0.999. The molecule has 0 aliphatic heterocycles. The molecule has 0 N–H and O–H groups in total. The minimum absolute atomic E-state index is 0.999. The van der Waals surface area contributed by atoms with Crippen LogP contribution in [-0.2, 0) is 7.05 Å². The molecule has 2 nitrogen and oxygen atoms in total. The maximum absolute atomic E-state index is 4.18. The minimum Gasteiger partial charge on any atom is -0.329 e. The van der Waals surface area contributed by atoms with Crippen LogP contribution in [-0.4, -0.2) is 11.6 Å². The standard InChI is InChI=1S/C11H12N2/c1-12-11-8-7-9-5-3-4-6-10(9)13(11)2/h3-8H,1-2H3. The summed E-state index contributed by atoms with van der Waals surface area (Å²) in [5, 5.41) is 1.25. The van der Waals surface area contributed by atoms with E-state index < -0.39 is 0 Å². The number of nitrogens with zero attached hydrogens (tertiary/aromatic N) is 2. The van der Waals surface area contributed by atoms with Gasteiger partial charge >= 0.3 is 0 Å². The van der Waals surface area contributed by atoms with Crippen molar-refractivity contribution in [1.82, 2.24) is 4.57 Å². The molecule has 0 saturated carbocycles. The van der Waals surface area contributed by atoms with E-state index in [9.17, 15) is 0 Å². The van der Waals surface area contributed by atoms with E-state index in [4.69, 9.17) is 0 Å². The molecule has 66 valence electrons. The van der Waals surface area contributed by atoms with E-state index in [1.54, 1.807) is 0 Å². The second-order valence-electron chi connectivity index (χ2n) is 3.03. The molecule has 0 bridgehead atoms. The van der Waals surface area contributed by atoms with Crippen LogP contribution in [0, 0.1) is 0 Å². The number of rotatable bonds is 0. The highest BCUT2D eigenvalue weighted by atomic mass is 15.0. The van der Waals surface area contributed by atoms with Gasteiger partial charge in [0.05, 0.1) is 0 Å². The Balaban J connectivity index is 2.95. The van der Waals surface area contributed by atoms with Crippen LogP contribution in [0.5, 0.6) is 0 Å². The second kappa shape index (κ2) is 3.05. The van der Waals surface area contributed by atoms with E-state index in [-0.39, 0.29) is 0 Å². The maximum Gasteiger partial charge on any atom is 0.127 e. The van der Waals surface area contributed by atoms with E-state index in [1.165, 1.54) is 10.9 Å². The van der Waals surface area contributed by atoms with E-state index in [2.05, 4.69) is 27.8 Å². The van der Waals surface area contributed by atoms with Crippen molar-refractivity contribution in [1.29, 1.82) is 0 Å². The molecule has 1 aromatic heterocycles. The summed E-state index contributed by atoms with van der Waals surface area (Å²) >= 11 is 0. The topological polar surface area (TPSA) is 17.3 Å². The van der Waals surface area contributed by atoms with Gasteiger partial charge in [0, 0.05) is 19.6 Å². The summed E-state index contributed by atoms with van der Waals surface area (Å²) in [6.45, 7) is 0. The van der Waals surface area contributed by atoms with Gasteiger partial charge in [0.15, 0.2) is 0 Å². The molecule has 1 heterocycles. The van der Waals surface area contributed by atoms with Crippen molar-refractivity contribution in [2.75, 3.05) is 7.05 Å². The number of fused-ring (bicyclic) bond motifs is 1. The molecule has 0 radical (unpaired) electrons. The van der Waals surface area contributed by atoms with Crippen LogP contribution in [0.25, 0.3) is 10.9 Å². The number of aromatic nitrogens is 1. The Kier molecular flexibility index (Phi) is 1.89. The monoisotopic (exact) mass is 172 g/mol. The lowest BCUT2D eigenvalue weighted by Crippen LogP contribution is -2.16. The lowest BCUT2D eigenvalue weighted by atomic mass is 10.2. The third kappa shape index (κ3) is 1.24. The Hall–Kier alpha value is -1.57. The van der Waals surface area contributed by atoms with E-state index in [1.807, 2.05) is 32.3 Å². The average Bonchev–Trinajstić information content (AvgIpc) is 2.19. The van der Waals surface area contributed by atoms with Gasteiger partial charge in [-0.25, -0.2) is 0 Å². The molecule has 0 fully saturated rings. The predicted molar refractivity (Wildman–Crippen MR) is 54.4 cm³/mol. The van der Waals surface area contributed by atoms with E-state index in [0.717, 1.165) is 5.49 Å². The first-order chi connectivity index (χ1) is 6.33. The quantitative estimate of drug-likeness (QED) is 0.575. The summed E-state index contributed by atoms with van der Waals surface area (Å²) in [6, 6.07) is 12.4. The van der Waals surface area contributed by atoms with Gasteiger partial charge < -0.3 is 4.57 Å². The predicted octanol–water partition coefficient (Wildman–Crippen LogP) is 1.71. The van der Waals surface area contributed by atoms with Gasteiger partial charge in [-0.1, -0.05) is 18.2 Å². The lowest BCUT2D eigenvalue weighted by molar-refractivity contribution is 0.868. The summed E-state index contributed by atoms with van der Waals surface area (Å²) in [5.74, 6) is 0. The van der Waals surface area contributed by atoms with Crippen molar-refractivity contribution in [2.24, 2.45) is 12.0 Å². The highest BCUT2D eigenvalue weighted by molar-refractivity contribution is 5.78. The third-order valence-corrected chi connectivity index (χ3v) is 2.28. The van der Waals surface area contributed by atoms with Crippen molar-refractivity contribution in [3.8, 4) is 0 Å². The van der Waals surface area contributed by atoms with Gasteiger partial charge in [-0.3, -0.25) is 4.99 Å². The molecule has 2 aromatic rings. The van der Waals surface area contributed by atoms with Crippen molar-refractivity contribution >= 4 is 10.9 Å². The van der Waals surface area contributed by atoms with Crippen molar-refractivity contribution in [3.63, 3.8) is 0 Å². The van der Waals surface area contributed by atoms with Crippen molar-refractivity contribution in [2.45, 2.75) is 0 Å². The maximum atomic E-state index is 4.18. The zero-order chi connectivity index (χ0) is 9.26. The van der Waals surface area contributed by atoms with Crippen LogP contribution >= 0.6 is 0 Å². The molecule has 0 saturated heterocycles. The largest absolute Gasteiger partial charge is 0.329 e. The van der Waals surface area contributed by atoms with Crippen LogP contribution < -0.4 is 5.49 Å². The zero-order valence-corrected chi connectivity index (χ0v) is 7.86. The SMILES string of the molecule is CN=c1ccc2ccccc2n1C. The lowest BCUT2D eigenvalue weighted by Gasteiger charge is -2.04. The molecule has 1 aromatic carbocycles. The fourth-order valence-electron chi connectivity index (χ4n) is 1.56. The van der Waals surface area contributed by atoms with Gasteiger partial charge in [-0.15, -0.1) is 0 Å². The number of hydrogen-bond acceptors (Lipinski definition) is 1. The summed E-state index contributed by atoms with van der Waals surface area (Å²) in [6.07, 6.45) is 0. The van der Waals surface area contributed by atoms with Crippen LogP contribution in [0.4, 0.5) is 0 Å². The van der Waals surface area contributed by atoms with Gasteiger partial charge in [-0.05, 0) is 23.6 Å². The molecule has 0 aliphatic carbocycles. The van der Waals surface area contributed by atoms with Crippen LogP contribution in [0.15, 0.2) is 41.4 Å².